The van der Waals surface area contributed by atoms with Crippen LogP contribution in [0.2, 0.25) is 0 Å². The maximum Gasteiger partial charge on any atom is 0.335 e. The third kappa shape index (κ3) is 4.80. The number of hydrogen-bond acceptors (Lipinski definition) is 7. The Labute approximate surface area is 202 Å². The first-order valence-corrected chi connectivity index (χ1v) is 11.2. The Morgan fingerprint density at radius 1 is 1.31 bits per heavy atom. The van der Waals surface area contributed by atoms with Crippen molar-refractivity contribution in [1.29, 1.82) is 0 Å². The van der Waals surface area contributed by atoms with Crippen LogP contribution in [-0.2, 0) is 0 Å². The summed E-state index contributed by atoms with van der Waals surface area (Å²) in [7, 11) is 0. The summed E-state index contributed by atoms with van der Waals surface area (Å²) >= 11 is 6.31. The van der Waals surface area contributed by atoms with E-state index < -0.39 is 11.7 Å². The molecule has 5 rings (SSSR count). The van der Waals surface area contributed by atoms with Crippen molar-refractivity contribution in [2.45, 2.75) is 24.6 Å². The first kappa shape index (κ1) is 22.4. The first-order valence-electron chi connectivity index (χ1n) is 10.8. The number of aromatic hydroxyl groups is 1. The average Bonchev–Trinajstić information content (AvgIpc) is 3.36. The maximum atomic E-state index is 11.5. The minimum absolute atomic E-state index is 0.00564. The second-order valence-electron chi connectivity index (χ2n) is 8.02. The number of aromatic nitrogens is 5. The summed E-state index contributed by atoms with van der Waals surface area (Å²) < 4.78 is 1.53. The maximum absolute atomic E-state index is 11.5. The van der Waals surface area contributed by atoms with Gasteiger partial charge in [0, 0.05) is 34.5 Å². The molecule has 0 radical (unpaired) electrons. The molecule has 3 aromatic heterocycles. The molecule has 0 spiro atoms. The fraction of sp³-hybridized carbons (Fsp3) is 0.174. The molecule has 1 aromatic carbocycles. The molecule has 5 N–H and O–H groups in total. The zero-order chi connectivity index (χ0) is 24.5. The second kappa shape index (κ2) is 9.11. The molecule has 0 saturated carbocycles. The number of aromatic amines is 2. The van der Waals surface area contributed by atoms with Gasteiger partial charge in [0.25, 0.3) is 0 Å². The van der Waals surface area contributed by atoms with Crippen LogP contribution in [-0.4, -0.2) is 46.1 Å². The molecule has 1 aliphatic carbocycles. The lowest BCUT2D eigenvalue weighted by Crippen LogP contribution is -2.17. The van der Waals surface area contributed by atoms with Crippen LogP contribution in [0, 0.1) is 0 Å². The fourth-order valence-corrected chi connectivity index (χ4v) is 4.11. The molecular weight excluding hydrogens is 474 g/mol. The third-order valence-electron chi connectivity index (χ3n) is 5.45. The van der Waals surface area contributed by atoms with E-state index in [1.165, 1.54) is 28.9 Å². The van der Waals surface area contributed by atoms with Crippen LogP contribution in [0.25, 0.3) is 11.7 Å². The van der Waals surface area contributed by atoms with Crippen LogP contribution in [0.15, 0.2) is 58.1 Å². The second-order valence-corrected chi connectivity index (χ2v) is 8.63. The number of carbonyl (C=O) groups is 1. The van der Waals surface area contributed by atoms with Gasteiger partial charge in [-0.3, -0.25) is 4.98 Å². The minimum Gasteiger partial charge on any atom is -0.493 e. The predicted molar refractivity (Wildman–Crippen MR) is 129 cm³/mol. The van der Waals surface area contributed by atoms with Gasteiger partial charge in [-0.05, 0) is 37.1 Å². The number of halogens is 1. The summed E-state index contributed by atoms with van der Waals surface area (Å²) in [4.78, 5) is 37.0. The van der Waals surface area contributed by atoms with Gasteiger partial charge in [-0.2, -0.15) is 9.61 Å². The average molecular weight is 494 g/mol. The summed E-state index contributed by atoms with van der Waals surface area (Å²) in [6, 6.07) is 8.07. The first-order chi connectivity index (χ1) is 16.9. The number of benzene rings is 1. The molecule has 0 fully saturated rings. The normalized spacial score (nSPS) is 17.1. The Kier molecular flexibility index (Phi) is 5.83. The Balaban J connectivity index is 1.68. The van der Waals surface area contributed by atoms with Crippen LogP contribution in [0.1, 0.15) is 35.3 Å². The predicted octanol–water partition coefficient (Wildman–Crippen LogP) is 2.02. The van der Waals surface area contributed by atoms with Crippen LogP contribution < -0.4 is 21.7 Å². The number of rotatable bonds is 5. The molecular formula is C23H20ClN7O4. The minimum atomic E-state index is -1.04. The summed E-state index contributed by atoms with van der Waals surface area (Å²) in [5.41, 5.74) is 1.93. The van der Waals surface area contributed by atoms with E-state index in [0.717, 1.165) is 18.5 Å². The SMILES string of the molecule is O=C(O)c1cccc(Nc2cc(=NC3=CCCC(Cl)C3)nc3c(=Cc4[nH]c(=O)[nH]c4O)cnn23)c1. The number of imidazole rings is 1. The van der Waals surface area contributed by atoms with Gasteiger partial charge in [0.1, 0.15) is 11.5 Å². The van der Waals surface area contributed by atoms with Gasteiger partial charge < -0.3 is 20.5 Å². The van der Waals surface area contributed by atoms with Crippen molar-refractivity contribution < 1.29 is 15.0 Å². The zero-order valence-electron chi connectivity index (χ0n) is 18.2. The van der Waals surface area contributed by atoms with E-state index in [9.17, 15) is 19.8 Å². The summed E-state index contributed by atoms with van der Waals surface area (Å²) in [5, 5.41) is 27.4. The van der Waals surface area contributed by atoms with Crippen molar-refractivity contribution >= 4 is 40.8 Å². The number of allylic oxidation sites excluding steroid dienone is 2. The van der Waals surface area contributed by atoms with Gasteiger partial charge in [0.2, 0.25) is 5.88 Å². The third-order valence-corrected chi connectivity index (χ3v) is 5.82. The monoisotopic (exact) mass is 493 g/mol. The topological polar surface area (TPSA) is 161 Å². The lowest BCUT2D eigenvalue weighted by atomic mass is 10.0. The lowest BCUT2D eigenvalue weighted by molar-refractivity contribution is 0.0697. The molecule has 1 aliphatic rings. The zero-order valence-corrected chi connectivity index (χ0v) is 19.0. The molecule has 0 bridgehead atoms. The fourth-order valence-electron chi connectivity index (χ4n) is 3.82. The molecule has 35 heavy (non-hydrogen) atoms. The van der Waals surface area contributed by atoms with Crippen LogP contribution in [0.4, 0.5) is 11.5 Å². The highest BCUT2D eigenvalue weighted by atomic mass is 35.5. The number of anilines is 2. The van der Waals surface area contributed by atoms with E-state index in [1.807, 2.05) is 6.08 Å². The summed E-state index contributed by atoms with van der Waals surface area (Å²) in [5.74, 6) is -0.860. The van der Waals surface area contributed by atoms with Gasteiger partial charge in [0.05, 0.1) is 11.8 Å². The lowest BCUT2D eigenvalue weighted by Gasteiger charge is -2.14. The van der Waals surface area contributed by atoms with E-state index in [2.05, 4.69) is 30.4 Å². The molecule has 1 unspecified atom stereocenters. The van der Waals surface area contributed by atoms with E-state index in [1.54, 1.807) is 18.2 Å². The van der Waals surface area contributed by atoms with Crippen molar-refractivity contribution in [1.82, 2.24) is 24.6 Å². The number of fused-ring (bicyclic) bond motifs is 1. The molecule has 11 nitrogen and oxygen atoms in total. The van der Waals surface area contributed by atoms with Gasteiger partial charge in [0.15, 0.2) is 11.1 Å². The van der Waals surface area contributed by atoms with Gasteiger partial charge in [-0.1, -0.05) is 12.1 Å². The molecule has 178 valence electrons. The van der Waals surface area contributed by atoms with E-state index in [4.69, 9.17) is 11.6 Å². The molecule has 0 saturated heterocycles. The Morgan fingerprint density at radius 3 is 2.91 bits per heavy atom. The van der Waals surface area contributed by atoms with Gasteiger partial charge >= 0.3 is 11.7 Å². The number of aromatic carboxylic acids is 1. The number of nitrogens with one attached hydrogen (secondary N) is 3. The highest BCUT2D eigenvalue weighted by Gasteiger charge is 2.14. The quantitative estimate of drug-likeness (QED) is 0.266. The molecule has 12 heteroatoms. The molecule has 3 heterocycles. The number of hydrogen-bond donors (Lipinski definition) is 5. The molecule has 0 amide bonds. The van der Waals surface area contributed by atoms with Crippen LogP contribution in [0.3, 0.4) is 0 Å². The number of carboxylic acids is 1. The van der Waals surface area contributed by atoms with E-state index in [0.29, 0.717) is 34.3 Å². The van der Waals surface area contributed by atoms with Gasteiger partial charge in [-0.15, -0.1) is 11.6 Å². The highest BCUT2D eigenvalue weighted by Crippen LogP contribution is 2.23. The molecule has 1 atom stereocenters. The highest BCUT2D eigenvalue weighted by molar-refractivity contribution is 6.20. The number of nitrogens with zero attached hydrogens (tertiary/aromatic N) is 4. The standard InChI is InChI=1S/C23H20ClN7O4/c24-14-4-2-6-16(9-14)26-18-10-19(27-15-5-1-3-12(7-15)22(33)34)31-20(29-18)13(11-25-31)8-17-21(32)30-23(35)28-17/h1,3,5-8,10-11,14,27,32H,2,4,9H2,(H,33,34)(H2,28,30,35). The van der Waals surface area contributed by atoms with E-state index in [-0.39, 0.29) is 22.5 Å². The number of alkyl halides is 1. The van der Waals surface area contributed by atoms with Crippen molar-refractivity contribution in [2.75, 3.05) is 5.32 Å². The van der Waals surface area contributed by atoms with Crippen LogP contribution in [0.5, 0.6) is 5.88 Å². The van der Waals surface area contributed by atoms with Crippen molar-refractivity contribution in [2.24, 2.45) is 4.99 Å². The Bertz CT molecular complexity index is 1650. The van der Waals surface area contributed by atoms with E-state index >= 15 is 0 Å². The summed E-state index contributed by atoms with van der Waals surface area (Å²) in [6.07, 6.45) is 7.43. The largest absolute Gasteiger partial charge is 0.493 e. The van der Waals surface area contributed by atoms with Crippen molar-refractivity contribution in [3.63, 3.8) is 0 Å². The Hall–Kier alpha value is -4.38. The van der Waals surface area contributed by atoms with Crippen molar-refractivity contribution in [3.05, 3.63) is 80.7 Å². The number of carboxylic acid groups (broad SMARTS) is 1. The Morgan fingerprint density at radius 2 is 2.17 bits per heavy atom. The molecule has 4 aromatic rings. The molecule has 0 aliphatic heterocycles. The smallest absolute Gasteiger partial charge is 0.335 e. The summed E-state index contributed by atoms with van der Waals surface area (Å²) in [6.45, 7) is 0. The van der Waals surface area contributed by atoms with Crippen molar-refractivity contribution in [3.8, 4) is 5.88 Å². The van der Waals surface area contributed by atoms with Gasteiger partial charge in [-0.25, -0.2) is 19.6 Å². The van der Waals surface area contributed by atoms with Crippen LogP contribution >= 0.6 is 11.6 Å². The number of H-pyrrole nitrogens is 2.